The van der Waals surface area contributed by atoms with Gasteiger partial charge in [-0.25, -0.2) is 13.6 Å². The van der Waals surface area contributed by atoms with E-state index >= 15 is 0 Å². The van der Waals surface area contributed by atoms with Crippen molar-refractivity contribution in [3.8, 4) is 22.8 Å². The lowest BCUT2D eigenvalue weighted by Crippen LogP contribution is -2.14. The van der Waals surface area contributed by atoms with Crippen LogP contribution in [0.15, 0.2) is 22.6 Å². The molecule has 0 atom stereocenters. The number of anilines is 1. The molecule has 0 bridgehead atoms. The molecule has 0 aliphatic rings. The Labute approximate surface area is 134 Å². The van der Waals surface area contributed by atoms with E-state index < -0.39 is 46.8 Å². The Balaban J connectivity index is 2.51. The van der Waals surface area contributed by atoms with Gasteiger partial charge in [-0.3, -0.25) is 10.1 Å². The van der Waals surface area contributed by atoms with Crippen LogP contribution >= 0.6 is 0 Å². The maximum atomic E-state index is 13.9. The van der Waals surface area contributed by atoms with Crippen molar-refractivity contribution in [1.82, 2.24) is 0 Å². The third-order valence-electron chi connectivity index (χ3n) is 2.75. The van der Waals surface area contributed by atoms with Gasteiger partial charge in [-0.05, 0) is 19.1 Å². The summed E-state index contributed by atoms with van der Waals surface area (Å²) in [6, 6.07) is 2.56. The summed E-state index contributed by atoms with van der Waals surface area (Å²) in [5, 5.41) is 12.2. The van der Waals surface area contributed by atoms with E-state index in [1.54, 1.807) is 6.92 Å². The predicted molar refractivity (Wildman–Crippen MR) is 77.7 cm³/mol. The Morgan fingerprint density at radius 2 is 2.04 bits per heavy atom. The second-order valence-electron chi connectivity index (χ2n) is 4.50. The highest BCUT2D eigenvalue weighted by Crippen LogP contribution is 2.46. The van der Waals surface area contributed by atoms with Gasteiger partial charge in [-0.2, -0.15) is 0 Å². The minimum absolute atomic E-state index is 0.0564. The monoisotopic (exact) mass is 341 g/mol. The van der Waals surface area contributed by atoms with E-state index in [2.05, 4.69) is 10.1 Å². The fraction of sp³-hybridized carbons (Fsp3) is 0.200. The van der Waals surface area contributed by atoms with Gasteiger partial charge in [0.05, 0.1) is 12.2 Å². The zero-order valence-corrected chi connectivity index (χ0v) is 12.7. The second-order valence-corrected chi connectivity index (χ2v) is 4.50. The number of carbonyl (C=O) groups excluding carboxylic acids is 2. The Morgan fingerprint density at radius 1 is 1.33 bits per heavy atom. The lowest BCUT2D eigenvalue weighted by atomic mass is 10.1. The van der Waals surface area contributed by atoms with Crippen LogP contribution in [0.1, 0.15) is 13.8 Å². The van der Waals surface area contributed by atoms with Crippen LogP contribution in [-0.4, -0.2) is 23.8 Å². The van der Waals surface area contributed by atoms with E-state index in [0.29, 0.717) is 6.07 Å². The maximum absolute atomic E-state index is 13.9. The number of furan rings is 1. The van der Waals surface area contributed by atoms with Crippen LogP contribution < -0.4 is 10.1 Å². The van der Waals surface area contributed by atoms with Crippen molar-refractivity contribution in [3.05, 3.63) is 29.8 Å². The number of nitrogens with one attached hydrogen (secondary N) is 1. The smallest absolute Gasteiger partial charge is 0.414 e. The average molecular weight is 341 g/mol. The van der Waals surface area contributed by atoms with Crippen molar-refractivity contribution >= 4 is 17.9 Å². The molecule has 0 fully saturated rings. The van der Waals surface area contributed by atoms with Gasteiger partial charge in [-0.1, -0.05) is 0 Å². The van der Waals surface area contributed by atoms with Crippen LogP contribution in [0.5, 0.6) is 11.5 Å². The molecule has 9 heteroatoms. The minimum atomic E-state index is -1.02. The predicted octanol–water partition coefficient (Wildman–Crippen LogP) is 3.42. The number of amides is 1. The molecule has 7 nitrogen and oxygen atoms in total. The first-order chi connectivity index (χ1) is 11.3. The molecule has 0 aliphatic heterocycles. The zero-order chi connectivity index (χ0) is 17.9. The number of ether oxygens (including phenoxy) is 2. The first kappa shape index (κ1) is 17.3. The molecule has 2 aromatic rings. The van der Waals surface area contributed by atoms with Crippen molar-refractivity contribution in [1.29, 1.82) is 0 Å². The van der Waals surface area contributed by atoms with Gasteiger partial charge >= 0.3 is 12.1 Å². The molecule has 1 aromatic carbocycles. The van der Waals surface area contributed by atoms with Crippen LogP contribution in [0.4, 0.5) is 19.5 Å². The number of hydrogen-bond donors (Lipinski definition) is 2. The van der Waals surface area contributed by atoms with Crippen molar-refractivity contribution < 1.29 is 37.4 Å². The summed E-state index contributed by atoms with van der Waals surface area (Å²) in [6.45, 7) is 2.67. The van der Waals surface area contributed by atoms with Crippen molar-refractivity contribution in [3.63, 3.8) is 0 Å². The van der Waals surface area contributed by atoms with E-state index in [1.807, 2.05) is 0 Å². The summed E-state index contributed by atoms with van der Waals surface area (Å²) < 4.78 is 41.5. The highest BCUT2D eigenvalue weighted by molar-refractivity contribution is 5.89. The summed E-state index contributed by atoms with van der Waals surface area (Å²) in [5.41, 5.74) is -0.292. The molecular formula is C15H13F2NO6. The number of rotatable bonds is 4. The highest BCUT2D eigenvalue weighted by Gasteiger charge is 2.27. The molecule has 0 radical (unpaired) electrons. The fourth-order valence-corrected chi connectivity index (χ4v) is 1.84. The van der Waals surface area contributed by atoms with Crippen LogP contribution in [0.3, 0.4) is 0 Å². The van der Waals surface area contributed by atoms with Crippen LogP contribution in [0.2, 0.25) is 0 Å². The molecular weight excluding hydrogens is 328 g/mol. The Kier molecular flexibility index (Phi) is 5.02. The first-order valence-electron chi connectivity index (χ1n) is 6.76. The van der Waals surface area contributed by atoms with Gasteiger partial charge in [0.1, 0.15) is 11.6 Å². The molecule has 0 aliphatic carbocycles. The quantitative estimate of drug-likeness (QED) is 0.827. The Morgan fingerprint density at radius 3 is 2.62 bits per heavy atom. The molecule has 0 saturated carbocycles. The summed E-state index contributed by atoms with van der Waals surface area (Å²) in [6.07, 6.45) is -0.939. The topological polar surface area (TPSA) is 98.0 Å². The number of benzene rings is 1. The Hall–Kier alpha value is -3.10. The molecule has 1 amide bonds. The summed E-state index contributed by atoms with van der Waals surface area (Å²) in [4.78, 5) is 22.6. The standard InChI is InChI=1S/C15H13F2NO6/c1-3-22-15(21)18-14-13(23-7(2)19)11(20)12(24-14)9-5-4-8(16)6-10(9)17/h4-6,20H,3H2,1-2H3,(H,18,21). The average Bonchev–Trinajstić information content (AvgIpc) is 2.76. The number of aromatic hydroxyl groups is 1. The number of esters is 1. The number of hydrogen-bond acceptors (Lipinski definition) is 6. The van der Waals surface area contributed by atoms with E-state index in [9.17, 15) is 23.5 Å². The maximum Gasteiger partial charge on any atom is 0.414 e. The fourth-order valence-electron chi connectivity index (χ4n) is 1.84. The minimum Gasteiger partial charge on any atom is -0.502 e. The molecule has 24 heavy (non-hydrogen) atoms. The molecule has 128 valence electrons. The lowest BCUT2D eigenvalue weighted by Gasteiger charge is -2.04. The third kappa shape index (κ3) is 3.62. The molecule has 1 aromatic heterocycles. The normalized spacial score (nSPS) is 10.3. The van der Waals surface area contributed by atoms with Crippen molar-refractivity contribution in [2.75, 3.05) is 11.9 Å². The van der Waals surface area contributed by atoms with E-state index in [0.717, 1.165) is 19.1 Å². The van der Waals surface area contributed by atoms with Gasteiger partial charge in [0, 0.05) is 13.0 Å². The lowest BCUT2D eigenvalue weighted by molar-refractivity contribution is -0.132. The van der Waals surface area contributed by atoms with Gasteiger partial charge in [-0.15, -0.1) is 0 Å². The molecule has 0 spiro atoms. The number of halogens is 2. The second kappa shape index (κ2) is 6.99. The molecule has 2 N–H and O–H groups in total. The highest BCUT2D eigenvalue weighted by atomic mass is 19.1. The molecule has 0 unspecified atom stereocenters. The molecule has 0 saturated heterocycles. The first-order valence-corrected chi connectivity index (χ1v) is 6.76. The van der Waals surface area contributed by atoms with Gasteiger partial charge in [0.25, 0.3) is 5.88 Å². The Bertz CT molecular complexity index is 787. The summed E-state index contributed by atoms with van der Waals surface area (Å²) in [7, 11) is 0. The molecule has 2 rings (SSSR count). The van der Waals surface area contributed by atoms with Gasteiger partial charge in [0.15, 0.2) is 5.76 Å². The number of carbonyl (C=O) groups is 2. The van der Waals surface area contributed by atoms with E-state index in [4.69, 9.17) is 9.15 Å². The van der Waals surface area contributed by atoms with Crippen molar-refractivity contribution in [2.45, 2.75) is 13.8 Å². The summed E-state index contributed by atoms with van der Waals surface area (Å²) in [5.74, 6) is -4.82. The van der Waals surface area contributed by atoms with Crippen LogP contribution in [0.25, 0.3) is 11.3 Å². The van der Waals surface area contributed by atoms with E-state index in [1.165, 1.54) is 0 Å². The van der Waals surface area contributed by atoms with Crippen LogP contribution in [0, 0.1) is 11.6 Å². The van der Waals surface area contributed by atoms with Gasteiger partial charge in [0.2, 0.25) is 11.5 Å². The zero-order valence-electron chi connectivity index (χ0n) is 12.7. The van der Waals surface area contributed by atoms with Crippen molar-refractivity contribution in [2.24, 2.45) is 0 Å². The SMILES string of the molecule is CCOC(=O)Nc1oc(-c2ccc(F)cc2F)c(O)c1OC(C)=O. The third-order valence-corrected chi connectivity index (χ3v) is 2.75. The van der Waals surface area contributed by atoms with Gasteiger partial charge < -0.3 is 19.0 Å². The largest absolute Gasteiger partial charge is 0.502 e. The van der Waals surface area contributed by atoms with E-state index in [-0.39, 0.29) is 12.2 Å². The molecule has 1 heterocycles. The van der Waals surface area contributed by atoms with Crippen LogP contribution in [-0.2, 0) is 9.53 Å². The summed E-state index contributed by atoms with van der Waals surface area (Å²) >= 11 is 0.